The molecule has 0 atom stereocenters. The summed E-state index contributed by atoms with van der Waals surface area (Å²) in [4.78, 5) is 0. The summed E-state index contributed by atoms with van der Waals surface area (Å²) in [7, 11) is 4.55. The van der Waals surface area contributed by atoms with E-state index in [2.05, 4.69) is 21.0 Å². The van der Waals surface area contributed by atoms with E-state index in [1.165, 1.54) is 57.9 Å². The van der Waals surface area contributed by atoms with Gasteiger partial charge in [0.25, 0.3) is 0 Å². The molecule has 0 aliphatic carbocycles. The first-order valence-electron chi connectivity index (χ1n) is 7.55. The molecule has 0 heterocycles. The summed E-state index contributed by atoms with van der Waals surface area (Å²) in [5.41, 5.74) is 0. The second-order valence-electron chi connectivity index (χ2n) is 5.93. The predicted octanol–water partition coefficient (Wildman–Crippen LogP) is 0.590. The number of rotatable bonds is 12. The number of hydrogen-bond acceptors (Lipinski definition) is 1. The lowest BCUT2D eigenvalue weighted by Crippen LogP contribution is -3.00. The summed E-state index contributed by atoms with van der Waals surface area (Å²) in [5, 5.41) is 8.83. The minimum absolute atomic E-state index is 0. The number of hydrogen-bond donors (Lipinski definition) is 1. The van der Waals surface area contributed by atoms with Crippen molar-refractivity contribution in [2.75, 3.05) is 33.8 Å². The van der Waals surface area contributed by atoms with Crippen LogP contribution in [0.25, 0.3) is 0 Å². The third-order valence-corrected chi connectivity index (χ3v) is 3.54. The Bertz CT molecular complexity index is 163. The van der Waals surface area contributed by atoms with Crippen molar-refractivity contribution in [3.8, 4) is 0 Å². The average molecular weight is 324 g/mol. The molecular formula is C15H34BrNO. The van der Waals surface area contributed by atoms with Gasteiger partial charge in [-0.3, -0.25) is 0 Å². The largest absolute Gasteiger partial charge is 1.00 e. The number of nitrogens with zero attached hydrogens (tertiary/aromatic N) is 1. The maximum atomic E-state index is 8.83. The minimum atomic E-state index is 0. The molecule has 0 rings (SSSR count). The first-order valence-corrected chi connectivity index (χ1v) is 7.55. The van der Waals surface area contributed by atoms with E-state index in [0.29, 0.717) is 6.61 Å². The summed E-state index contributed by atoms with van der Waals surface area (Å²) in [6.07, 6.45) is 12.1. The molecule has 0 fully saturated rings. The molecule has 0 aromatic rings. The van der Waals surface area contributed by atoms with Crippen LogP contribution >= 0.6 is 0 Å². The molecule has 18 heavy (non-hydrogen) atoms. The van der Waals surface area contributed by atoms with Crippen LogP contribution in [0, 0.1) is 0 Å². The quantitative estimate of drug-likeness (QED) is 0.412. The van der Waals surface area contributed by atoms with Gasteiger partial charge < -0.3 is 26.6 Å². The molecule has 0 aromatic carbocycles. The van der Waals surface area contributed by atoms with Gasteiger partial charge in [0, 0.05) is 13.0 Å². The maximum Gasteiger partial charge on any atom is 0.0804 e. The lowest BCUT2D eigenvalue weighted by atomic mass is 10.1. The van der Waals surface area contributed by atoms with Crippen LogP contribution in [0.5, 0.6) is 0 Å². The van der Waals surface area contributed by atoms with Crippen molar-refractivity contribution in [3.05, 3.63) is 0 Å². The van der Waals surface area contributed by atoms with Crippen molar-refractivity contribution in [3.63, 3.8) is 0 Å². The Kier molecular flexibility index (Phi) is 15.9. The molecule has 2 nitrogen and oxygen atoms in total. The molecule has 1 N–H and O–H groups in total. The summed E-state index contributed by atoms with van der Waals surface area (Å²) in [6, 6.07) is 0. The molecule has 0 aliphatic rings. The second kappa shape index (κ2) is 13.8. The highest BCUT2D eigenvalue weighted by Crippen LogP contribution is 2.10. The van der Waals surface area contributed by atoms with E-state index >= 15 is 0 Å². The van der Waals surface area contributed by atoms with Crippen LogP contribution in [-0.4, -0.2) is 43.4 Å². The van der Waals surface area contributed by atoms with Gasteiger partial charge in [0.05, 0.1) is 27.2 Å². The molecule has 0 unspecified atom stereocenters. The Morgan fingerprint density at radius 3 is 1.67 bits per heavy atom. The summed E-state index contributed by atoms with van der Waals surface area (Å²) < 4.78 is 1.07. The highest BCUT2D eigenvalue weighted by Gasteiger charge is 2.12. The fourth-order valence-electron chi connectivity index (χ4n) is 2.28. The molecule has 0 amide bonds. The van der Waals surface area contributed by atoms with E-state index in [1.807, 2.05) is 0 Å². The molecule has 0 aliphatic heterocycles. The van der Waals surface area contributed by atoms with Gasteiger partial charge >= 0.3 is 0 Å². The van der Waals surface area contributed by atoms with E-state index in [4.69, 9.17) is 5.11 Å². The minimum Gasteiger partial charge on any atom is -1.00 e. The van der Waals surface area contributed by atoms with E-state index in [0.717, 1.165) is 17.4 Å². The first-order chi connectivity index (χ1) is 8.12. The van der Waals surface area contributed by atoms with Crippen LogP contribution < -0.4 is 17.0 Å². The zero-order valence-electron chi connectivity index (χ0n) is 12.8. The van der Waals surface area contributed by atoms with Gasteiger partial charge in [-0.1, -0.05) is 45.4 Å². The van der Waals surface area contributed by atoms with Crippen molar-refractivity contribution >= 4 is 0 Å². The predicted molar refractivity (Wildman–Crippen MR) is 76.2 cm³/mol. The molecule has 0 saturated heterocycles. The van der Waals surface area contributed by atoms with Crippen molar-refractivity contribution < 1.29 is 26.6 Å². The maximum absolute atomic E-state index is 8.83. The van der Waals surface area contributed by atoms with Crippen LogP contribution in [0.2, 0.25) is 0 Å². The van der Waals surface area contributed by atoms with Crippen LogP contribution in [0.1, 0.15) is 64.7 Å². The van der Waals surface area contributed by atoms with Gasteiger partial charge in [0.1, 0.15) is 0 Å². The standard InChI is InChI=1S/C15H34NO.BrH/c1-4-5-6-7-8-9-10-11-13-16(2,3)14-12-15-17;/h17H,4-15H2,1-3H3;1H/q+1;/p-1. The van der Waals surface area contributed by atoms with E-state index in [-0.39, 0.29) is 17.0 Å². The number of halogens is 1. The van der Waals surface area contributed by atoms with Gasteiger partial charge in [0.15, 0.2) is 0 Å². The molecular weight excluding hydrogens is 290 g/mol. The van der Waals surface area contributed by atoms with E-state index in [1.54, 1.807) is 0 Å². The number of quaternary nitrogens is 1. The van der Waals surface area contributed by atoms with Gasteiger partial charge in [-0.2, -0.15) is 0 Å². The molecule has 0 aromatic heterocycles. The highest BCUT2D eigenvalue weighted by atomic mass is 79.9. The van der Waals surface area contributed by atoms with Crippen molar-refractivity contribution in [2.24, 2.45) is 0 Å². The monoisotopic (exact) mass is 323 g/mol. The van der Waals surface area contributed by atoms with Crippen molar-refractivity contribution in [1.29, 1.82) is 0 Å². The van der Waals surface area contributed by atoms with Crippen LogP contribution in [-0.2, 0) is 0 Å². The third-order valence-electron chi connectivity index (χ3n) is 3.54. The Morgan fingerprint density at radius 1 is 0.722 bits per heavy atom. The van der Waals surface area contributed by atoms with E-state index in [9.17, 15) is 0 Å². The first kappa shape index (κ1) is 20.7. The van der Waals surface area contributed by atoms with Gasteiger partial charge in [-0.05, 0) is 12.8 Å². The Labute approximate surface area is 125 Å². The molecule has 0 bridgehead atoms. The summed E-state index contributed by atoms with van der Waals surface area (Å²) >= 11 is 0. The third kappa shape index (κ3) is 14.5. The van der Waals surface area contributed by atoms with Gasteiger partial charge in [-0.15, -0.1) is 0 Å². The van der Waals surface area contributed by atoms with Gasteiger partial charge in [0.2, 0.25) is 0 Å². The zero-order chi connectivity index (χ0) is 13.0. The number of aliphatic hydroxyl groups is 1. The molecule has 0 spiro atoms. The van der Waals surface area contributed by atoms with Crippen molar-refractivity contribution in [1.82, 2.24) is 0 Å². The zero-order valence-corrected chi connectivity index (χ0v) is 14.3. The van der Waals surface area contributed by atoms with E-state index < -0.39 is 0 Å². The molecule has 3 heteroatoms. The summed E-state index contributed by atoms with van der Waals surface area (Å²) in [5.74, 6) is 0. The Balaban J connectivity index is 0. The lowest BCUT2D eigenvalue weighted by Gasteiger charge is -2.29. The van der Waals surface area contributed by atoms with Crippen LogP contribution in [0.15, 0.2) is 0 Å². The topological polar surface area (TPSA) is 20.2 Å². The Hall–Kier alpha value is 0.400. The SMILES string of the molecule is CCCCCCCCCC[N+](C)(C)CCCO.[Br-]. The fourth-order valence-corrected chi connectivity index (χ4v) is 2.28. The molecule has 0 radical (unpaired) electrons. The van der Waals surface area contributed by atoms with Crippen molar-refractivity contribution in [2.45, 2.75) is 64.7 Å². The number of aliphatic hydroxyl groups excluding tert-OH is 1. The highest BCUT2D eigenvalue weighted by molar-refractivity contribution is 4.46. The summed E-state index contributed by atoms with van der Waals surface area (Å²) in [6.45, 7) is 4.97. The van der Waals surface area contributed by atoms with Gasteiger partial charge in [-0.25, -0.2) is 0 Å². The average Bonchev–Trinajstić information content (AvgIpc) is 2.30. The van der Waals surface area contributed by atoms with Crippen LogP contribution in [0.3, 0.4) is 0 Å². The normalized spacial score (nSPS) is 11.3. The second-order valence-corrected chi connectivity index (χ2v) is 5.93. The molecule has 112 valence electrons. The lowest BCUT2D eigenvalue weighted by molar-refractivity contribution is -0.890. The Morgan fingerprint density at radius 2 is 1.17 bits per heavy atom. The number of unbranched alkanes of at least 4 members (excludes halogenated alkanes) is 7. The van der Waals surface area contributed by atoms with Crippen LogP contribution in [0.4, 0.5) is 0 Å². The molecule has 0 saturated carbocycles. The smallest absolute Gasteiger partial charge is 0.0804 e. The fraction of sp³-hybridized carbons (Fsp3) is 1.00.